The van der Waals surface area contributed by atoms with Crippen molar-refractivity contribution in [3.63, 3.8) is 0 Å². The molecule has 2 fully saturated rings. The Balaban J connectivity index is 1.48. The van der Waals surface area contributed by atoms with Crippen molar-refractivity contribution < 1.29 is 13.7 Å². The molecule has 8 heteroatoms. The van der Waals surface area contributed by atoms with E-state index in [9.17, 15) is 0 Å². The van der Waals surface area contributed by atoms with Crippen LogP contribution in [0.5, 0.6) is 0 Å². The van der Waals surface area contributed by atoms with Gasteiger partial charge in [0.1, 0.15) is 17.2 Å². The number of hydrogen-bond acceptors (Lipinski definition) is 7. The van der Waals surface area contributed by atoms with E-state index in [0.29, 0.717) is 29.3 Å². The second-order valence-corrected chi connectivity index (χ2v) is 9.22. The standard InChI is InChI=1S/C25H32FN5O2/c1-4-17-13-20-15(2)22(25-27-16(3)30-33-25)24(29-23(20)21(26)14-17)31-9-5-18(6-10-31)28-19-7-11-32-12-8-19/h13-14,18-19,28H,4-12H2,1-3H3. The largest absolute Gasteiger partial charge is 0.381 e. The molecule has 0 amide bonds. The molecule has 0 saturated carbocycles. The smallest absolute Gasteiger partial charge is 0.261 e. The number of aryl methyl sites for hydroxylation is 3. The van der Waals surface area contributed by atoms with Gasteiger partial charge in [-0.25, -0.2) is 9.37 Å². The second-order valence-electron chi connectivity index (χ2n) is 9.22. The first kappa shape index (κ1) is 22.2. The van der Waals surface area contributed by atoms with Gasteiger partial charge in [-0.1, -0.05) is 12.1 Å². The van der Waals surface area contributed by atoms with Gasteiger partial charge in [0.25, 0.3) is 5.89 Å². The highest BCUT2D eigenvalue weighted by Gasteiger charge is 2.28. The molecular weight excluding hydrogens is 421 g/mol. The summed E-state index contributed by atoms with van der Waals surface area (Å²) in [5.41, 5.74) is 3.09. The summed E-state index contributed by atoms with van der Waals surface area (Å²) in [6.07, 6.45) is 4.93. The van der Waals surface area contributed by atoms with E-state index in [1.807, 2.05) is 19.9 Å². The maximum Gasteiger partial charge on any atom is 0.261 e. The van der Waals surface area contributed by atoms with Crippen LogP contribution in [0.25, 0.3) is 22.4 Å². The van der Waals surface area contributed by atoms with Crippen LogP contribution in [-0.2, 0) is 11.2 Å². The number of benzene rings is 1. The van der Waals surface area contributed by atoms with Crippen LogP contribution in [0.15, 0.2) is 16.7 Å². The molecule has 2 aromatic heterocycles. The molecule has 0 aliphatic carbocycles. The fraction of sp³-hybridized carbons (Fsp3) is 0.560. The Kier molecular flexibility index (Phi) is 6.29. The summed E-state index contributed by atoms with van der Waals surface area (Å²) in [6.45, 7) is 9.20. The predicted octanol–water partition coefficient (Wildman–Crippen LogP) is 4.34. The van der Waals surface area contributed by atoms with Crippen molar-refractivity contribution >= 4 is 16.7 Å². The Morgan fingerprint density at radius 2 is 1.79 bits per heavy atom. The lowest BCUT2D eigenvalue weighted by Gasteiger charge is -2.37. The van der Waals surface area contributed by atoms with E-state index >= 15 is 4.39 Å². The summed E-state index contributed by atoms with van der Waals surface area (Å²) < 4.78 is 26.1. The Labute approximate surface area is 193 Å². The number of piperidine rings is 1. The number of rotatable bonds is 5. The van der Waals surface area contributed by atoms with E-state index < -0.39 is 0 Å². The Morgan fingerprint density at radius 3 is 2.45 bits per heavy atom. The van der Waals surface area contributed by atoms with E-state index in [4.69, 9.17) is 14.2 Å². The summed E-state index contributed by atoms with van der Waals surface area (Å²) >= 11 is 0. The summed E-state index contributed by atoms with van der Waals surface area (Å²) in [7, 11) is 0. The minimum Gasteiger partial charge on any atom is -0.381 e. The molecule has 4 heterocycles. The first-order valence-electron chi connectivity index (χ1n) is 12.1. The van der Waals surface area contributed by atoms with E-state index in [1.165, 1.54) is 0 Å². The molecule has 0 spiro atoms. The highest BCUT2D eigenvalue weighted by molar-refractivity contribution is 5.93. The lowest BCUT2D eigenvalue weighted by molar-refractivity contribution is 0.0738. The van der Waals surface area contributed by atoms with Crippen molar-refractivity contribution in [2.45, 2.75) is 65.0 Å². The molecule has 2 aliphatic heterocycles. The number of fused-ring (bicyclic) bond motifs is 1. The Hall–Kier alpha value is -2.58. The summed E-state index contributed by atoms with van der Waals surface area (Å²) in [4.78, 5) is 11.6. The molecule has 33 heavy (non-hydrogen) atoms. The van der Waals surface area contributed by atoms with Crippen LogP contribution < -0.4 is 10.2 Å². The van der Waals surface area contributed by atoms with E-state index in [-0.39, 0.29) is 5.82 Å². The van der Waals surface area contributed by atoms with Crippen molar-refractivity contribution in [2.75, 3.05) is 31.2 Å². The number of anilines is 1. The molecule has 2 saturated heterocycles. The van der Waals surface area contributed by atoms with Crippen molar-refractivity contribution in [3.05, 3.63) is 34.9 Å². The average molecular weight is 454 g/mol. The number of ether oxygens (including phenoxy) is 1. The lowest BCUT2D eigenvalue weighted by atomic mass is 9.98. The van der Waals surface area contributed by atoms with E-state index in [2.05, 4.69) is 20.4 Å². The summed E-state index contributed by atoms with van der Waals surface area (Å²) in [6, 6.07) is 4.64. The van der Waals surface area contributed by atoms with Gasteiger partial charge < -0.3 is 19.5 Å². The van der Waals surface area contributed by atoms with E-state index in [1.54, 1.807) is 13.0 Å². The van der Waals surface area contributed by atoms with Crippen LogP contribution in [0, 0.1) is 19.7 Å². The fourth-order valence-corrected chi connectivity index (χ4v) is 5.06. The maximum atomic E-state index is 15.1. The third-order valence-electron chi connectivity index (χ3n) is 6.98. The SMILES string of the molecule is CCc1cc(F)c2nc(N3CCC(NC4CCOCC4)CC3)c(-c3nc(C)no3)c(C)c2c1. The fourth-order valence-electron chi connectivity index (χ4n) is 5.06. The van der Waals surface area contributed by atoms with Crippen LogP contribution >= 0.6 is 0 Å². The van der Waals surface area contributed by atoms with Crippen LogP contribution in [-0.4, -0.2) is 53.5 Å². The van der Waals surface area contributed by atoms with Gasteiger partial charge in [0.05, 0.1) is 5.56 Å². The summed E-state index contributed by atoms with van der Waals surface area (Å²) in [5.74, 6) is 1.47. The van der Waals surface area contributed by atoms with Crippen LogP contribution in [0.2, 0.25) is 0 Å². The minimum absolute atomic E-state index is 0.280. The number of halogens is 1. The lowest BCUT2D eigenvalue weighted by Crippen LogP contribution is -2.48. The van der Waals surface area contributed by atoms with Gasteiger partial charge in [-0.05, 0) is 69.2 Å². The first-order chi connectivity index (χ1) is 16.0. The Morgan fingerprint density at radius 1 is 1.06 bits per heavy atom. The third-order valence-corrected chi connectivity index (χ3v) is 6.98. The van der Waals surface area contributed by atoms with Gasteiger partial charge in [0.15, 0.2) is 5.82 Å². The number of nitrogens with one attached hydrogen (secondary N) is 1. The van der Waals surface area contributed by atoms with Crippen LogP contribution in [0.4, 0.5) is 10.2 Å². The van der Waals surface area contributed by atoms with Crippen molar-refractivity contribution in [3.8, 4) is 11.5 Å². The van der Waals surface area contributed by atoms with Crippen molar-refractivity contribution in [1.82, 2.24) is 20.4 Å². The third kappa shape index (κ3) is 4.46. The molecule has 0 atom stereocenters. The summed E-state index contributed by atoms with van der Waals surface area (Å²) in [5, 5.41) is 8.62. The average Bonchev–Trinajstić information content (AvgIpc) is 3.26. The van der Waals surface area contributed by atoms with E-state index in [0.717, 1.165) is 86.3 Å². The monoisotopic (exact) mass is 453 g/mol. The molecule has 0 radical (unpaired) electrons. The quantitative estimate of drug-likeness (QED) is 0.616. The molecule has 7 nitrogen and oxygen atoms in total. The van der Waals surface area contributed by atoms with Gasteiger partial charge in [-0.15, -0.1) is 0 Å². The maximum absolute atomic E-state index is 15.1. The highest BCUT2D eigenvalue weighted by atomic mass is 19.1. The molecule has 0 unspecified atom stereocenters. The minimum atomic E-state index is -0.280. The number of hydrogen-bond donors (Lipinski definition) is 1. The predicted molar refractivity (Wildman–Crippen MR) is 126 cm³/mol. The van der Waals surface area contributed by atoms with Gasteiger partial charge >= 0.3 is 0 Å². The topological polar surface area (TPSA) is 76.3 Å². The van der Waals surface area contributed by atoms with Gasteiger partial charge in [-0.3, -0.25) is 0 Å². The van der Waals surface area contributed by atoms with Gasteiger partial charge in [0.2, 0.25) is 0 Å². The molecule has 2 aliphatic rings. The van der Waals surface area contributed by atoms with Gasteiger partial charge in [0, 0.05) is 43.8 Å². The molecule has 1 N–H and O–H groups in total. The number of pyridine rings is 1. The second kappa shape index (κ2) is 9.35. The molecule has 3 aromatic rings. The zero-order valence-corrected chi connectivity index (χ0v) is 19.7. The Bertz CT molecular complexity index is 1130. The number of aromatic nitrogens is 3. The normalized spacial score (nSPS) is 18.4. The van der Waals surface area contributed by atoms with Crippen LogP contribution in [0.1, 0.15) is 49.6 Å². The van der Waals surface area contributed by atoms with Crippen molar-refractivity contribution in [2.24, 2.45) is 0 Å². The van der Waals surface area contributed by atoms with Crippen molar-refractivity contribution in [1.29, 1.82) is 0 Å². The molecular formula is C25H32FN5O2. The number of nitrogens with zero attached hydrogens (tertiary/aromatic N) is 4. The highest BCUT2D eigenvalue weighted by Crippen LogP contribution is 2.38. The zero-order valence-electron chi connectivity index (χ0n) is 19.7. The molecule has 176 valence electrons. The zero-order chi connectivity index (χ0) is 22.9. The van der Waals surface area contributed by atoms with Gasteiger partial charge in [-0.2, -0.15) is 4.98 Å². The molecule has 1 aromatic carbocycles. The first-order valence-corrected chi connectivity index (χ1v) is 12.1. The molecule has 5 rings (SSSR count). The van der Waals surface area contributed by atoms with Crippen LogP contribution in [0.3, 0.4) is 0 Å². The molecule has 0 bridgehead atoms.